The van der Waals surface area contributed by atoms with E-state index in [1.165, 1.54) is 0 Å². The van der Waals surface area contributed by atoms with Gasteiger partial charge in [0.05, 0.1) is 13.1 Å². The maximum atomic E-state index is 3.88. The van der Waals surface area contributed by atoms with Crippen LogP contribution in [0.15, 0.2) is 34.5 Å². The number of nitrogens with zero attached hydrogens (tertiary/aromatic N) is 2. The summed E-state index contributed by atoms with van der Waals surface area (Å²) < 4.78 is 0. The molecule has 0 radical (unpaired) electrons. The lowest BCUT2D eigenvalue weighted by Crippen LogP contribution is -1.81. The third-order valence-corrected chi connectivity index (χ3v) is 0.781. The van der Waals surface area contributed by atoms with Gasteiger partial charge >= 0.3 is 0 Å². The zero-order valence-electron chi connectivity index (χ0n) is 6.72. The van der Waals surface area contributed by atoms with Gasteiger partial charge in [-0.05, 0) is 13.8 Å². The molecule has 2 nitrogen and oxygen atoms in total. The van der Waals surface area contributed by atoms with E-state index in [4.69, 9.17) is 0 Å². The van der Waals surface area contributed by atoms with Crippen molar-refractivity contribution in [3.8, 4) is 0 Å². The van der Waals surface area contributed by atoms with Crippen LogP contribution < -0.4 is 0 Å². The molecule has 2 heteroatoms. The van der Waals surface area contributed by atoms with Crippen LogP contribution >= 0.6 is 0 Å². The molecule has 0 N–H and O–H groups in total. The summed E-state index contributed by atoms with van der Waals surface area (Å²) in [6.45, 7) is 12.5. The van der Waals surface area contributed by atoms with Gasteiger partial charge in [-0.2, -0.15) is 10.2 Å². The minimum atomic E-state index is 0.632. The number of hydrogen-bond donors (Lipinski definition) is 0. The van der Waals surface area contributed by atoms with E-state index in [-0.39, 0.29) is 0 Å². The summed E-state index contributed by atoms with van der Waals surface area (Å²) in [5.74, 6) is 0. The van der Waals surface area contributed by atoms with E-state index in [2.05, 4.69) is 23.4 Å². The summed E-state index contributed by atoms with van der Waals surface area (Å²) in [5.41, 5.74) is 2.07. The molecule has 0 heterocycles. The van der Waals surface area contributed by atoms with Gasteiger partial charge in [-0.3, -0.25) is 0 Å². The van der Waals surface area contributed by atoms with Gasteiger partial charge in [0.1, 0.15) is 0 Å². The Kier molecular flexibility index (Phi) is 4.46. The Morgan fingerprint density at radius 3 is 1.50 bits per heavy atom. The first-order chi connectivity index (χ1) is 4.63. The smallest absolute Gasteiger partial charge is 0.0804 e. The molecule has 0 aromatic rings. The lowest BCUT2D eigenvalue weighted by atomic mass is 10.4. The lowest BCUT2D eigenvalue weighted by molar-refractivity contribution is 0.927. The standard InChI is InChI=1S/C8H14N2/c1-7(2)5-9-10-6-8(3)4/h1,3,5-6H2,2,4H3. The van der Waals surface area contributed by atoms with Gasteiger partial charge < -0.3 is 0 Å². The van der Waals surface area contributed by atoms with E-state index in [1.807, 2.05) is 13.8 Å². The van der Waals surface area contributed by atoms with Gasteiger partial charge in [-0.15, -0.1) is 0 Å². The molecular formula is C8H14N2. The predicted molar refractivity (Wildman–Crippen MR) is 44.2 cm³/mol. The first-order valence-corrected chi connectivity index (χ1v) is 3.25. The van der Waals surface area contributed by atoms with Gasteiger partial charge in [0.2, 0.25) is 0 Å². The van der Waals surface area contributed by atoms with Crippen LogP contribution in [-0.4, -0.2) is 13.1 Å². The highest BCUT2D eigenvalue weighted by Crippen LogP contribution is 1.91. The maximum absolute atomic E-state index is 3.88. The molecule has 0 bridgehead atoms. The van der Waals surface area contributed by atoms with E-state index < -0.39 is 0 Å². The molecule has 0 unspecified atom stereocenters. The van der Waals surface area contributed by atoms with Gasteiger partial charge in [-0.1, -0.05) is 24.3 Å². The molecule has 0 aromatic carbocycles. The topological polar surface area (TPSA) is 24.7 Å². The summed E-state index contributed by atoms with van der Waals surface area (Å²) >= 11 is 0. The zero-order chi connectivity index (χ0) is 7.98. The van der Waals surface area contributed by atoms with Crippen molar-refractivity contribution in [2.45, 2.75) is 13.8 Å². The highest BCUT2D eigenvalue weighted by Gasteiger charge is 1.81. The summed E-state index contributed by atoms with van der Waals surface area (Å²) in [7, 11) is 0. The second kappa shape index (κ2) is 4.91. The van der Waals surface area contributed by atoms with Crippen molar-refractivity contribution < 1.29 is 0 Å². The van der Waals surface area contributed by atoms with Crippen molar-refractivity contribution in [2.75, 3.05) is 13.1 Å². The molecule has 0 amide bonds. The minimum absolute atomic E-state index is 0.632. The molecule has 0 saturated heterocycles. The van der Waals surface area contributed by atoms with E-state index in [9.17, 15) is 0 Å². The van der Waals surface area contributed by atoms with Crippen molar-refractivity contribution in [1.29, 1.82) is 0 Å². The summed E-state index contributed by atoms with van der Waals surface area (Å²) in [4.78, 5) is 0. The fourth-order valence-corrected chi connectivity index (χ4v) is 0.341. The summed E-state index contributed by atoms with van der Waals surface area (Å²) in [6, 6.07) is 0. The quantitative estimate of drug-likeness (QED) is 0.421. The number of azo groups is 1. The normalized spacial score (nSPS) is 10.2. The Morgan fingerprint density at radius 2 is 1.30 bits per heavy atom. The van der Waals surface area contributed by atoms with Crippen molar-refractivity contribution in [3.05, 3.63) is 24.3 Å². The van der Waals surface area contributed by atoms with Crippen LogP contribution in [0, 0.1) is 0 Å². The van der Waals surface area contributed by atoms with Crippen LogP contribution in [0.1, 0.15) is 13.8 Å². The monoisotopic (exact) mass is 138 g/mol. The van der Waals surface area contributed by atoms with Gasteiger partial charge in [-0.25, -0.2) is 0 Å². The van der Waals surface area contributed by atoms with Crippen molar-refractivity contribution in [1.82, 2.24) is 0 Å². The van der Waals surface area contributed by atoms with Crippen molar-refractivity contribution in [3.63, 3.8) is 0 Å². The third-order valence-electron chi connectivity index (χ3n) is 0.781. The maximum Gasteiger partial charge on any atom is 0.0804 e. The molecule has 0 rings (SSSR count). The Hall–Kier alpha value is -0.920. The molecule has 10 heavy (non-hydrogen) atoms. The average Bonchev–Trinajstić information content (AvgIpc) is 1.79. The van der Waals surface area contributed by atoms with Crippen molar-refractivity contribution in [2.24, 2.45) is 10.2 Å². The molecule has 0 aliphatic heterocycles. The van der Waals surface area contributed by atoms with Crippen LogP contribution in [0.5, 0.6) is 0 Å². The number of hydrogen-bond acceptors (Lipinski definition) is 2. The summed E-state index contributed by atoms with van der Waals surface area (Å²) in [6.07, 6.45) is 0. The van der Waals surface area contributed by atoms with E-state index >= 15 is 0 Å². The summed E-state index contributed by atoms with van der Waals surface area (Å²) in [5, 5.41) is 7.75. The second-order valence-electron chi connectivity index (χ2n) is 2.51. The Labute approximate surface area is 62.4 Å². The zero-order valence-corrected chi connectivity index (χ0v) is 6.72. The Balaban J connectivity index is 3.38. The van der Waals surface area contributed by atoms with Crippen LogP contribution in [0.2, 0.25) is 0 Å². The van der Waals surface area contributed by atoms with Crippen LogP contribution in [0.25, 0.3) is 0 Å². The van der Waals surface area contributed by atoms with E-state index in [0.29, 0.717) is 13.1 Å². The fourth-order valence-electron chi connectivity index (χ4n) is 0.341. The Bertz CT molecular complexity index is 139. The van der Waals surface area contributed by atoms with Gasteiger partial charge in [0, 0.05) is 0 Å². The minimum Gasteiger partial charge on any atom is -0.189 e. The lowest BCUT2D eigenvalue weighted by Gasteiger charge is -1.90. The second-order valence-corrected chi connectivity index (χ2v) is 2.51. The molecule has 0 aliphatic carbocycles. The van der Waals surface area contributed by atoms with Crippen molar-refractivity contribution >= 4 is 0 Å². The van der Waals surface area contributed by atoms with Crippen LogP contribution in [-0.2, 0) is 0 Å². The molecular weight excluding hydrogens is 124 g/mol. The fraction of sp³-hybridized carbons (Fsp3) is 0.500. The molecule has 0 saturated carbocycles. The molecule has 0 fully saturated rings. The molecule has 0 aliphatic rings. The van der Waals surface area contributed by atoms with Crippen LogP contribution in [0.4, 0.5) is 0 Å². The highest BCUT2D eigenvalue weighted by molar-refractivity contribution is 4.92. The molecule has 0 atom stereocenters. The molecule has 56 valence electrons. The highest BCUT2D eigenvalue weighted by atomic mass is 15.1. The SMILES string of the molecule is C=C(C)CN=NCC(=C)C. The van der Waals surface area contributed by atoms with Gasteiger partial charge in [0.25, 0.3) is 0 Å². The molecule has 0 aromatic heterocycles. The predicted octanol–water partition coefficient (Wildman–Crippen LogP) is 2.59. The number of rotatable bonds is 4. The largest absolute Gasteiger partial charge is 0.189 e. The van der Waals surface area contributed by atoms with E-state index in [0.717, 1.165) is 11.1 Å². The first kappa shape index (κ1) is 9.08. The van der Waals surface area contributed by atoms with E-state index in [1.54, 1.807) is 0 Å². The first-order valence-electron chi connectivity index (χ1n) is 3.25. The average molecular weight is 138 g/mol. The van der Waals surface area contributed by atoms with Gasteiger partial charge in [0.15, 0.2) is 0 Å². The Morgan fingerprint density at radius 1 is 1.00 bits per heavy atom. The van der Waals surface area contributed by atoms with Crippen LogP contribution in [0.3, 0.4) is 0 Å². The third kappa shape index (κ3) is 7.08. The molecule has 0 spiro atoms.